The summed E-state index contributed by atoms with van der Waals surface area (Å²) in [7, 11) is 0. The smallest absolute Gasteiger partial charge is 0.243 e. The van der Waals surface area contributed by atoms with Crippen molar-refractivity contribution in [3.05, 3.63) is 83.6 Å². The average Bonchev–Trinajstić information content (AvgIpc) is 3.46. The van der Waals surface area contributed by atoms with Crippen LogP contribution in [-0.4, -0.2) is 33.6 Å². The number of nitrogens with one attached hydrogen (secondary N) is 1. The number of halogens is 1. The second-order valence-corrected chi connectivity index (χ2v) is 7.42. The Hall–Kier alpha value is -3.38. The average molecular weight is 421 g/mol. The van der Waals surface area contributed by atoms with Gasteiger partial charge >= 0.3 is 0 Å². The number of rotatable bonds is 6. The number of hydrogen-bond acceptors (Lipinski definition) is 3. The molecule has 1 aliphatic heterocycles. The van der Waals surface area contributed by atoms with Gasteiger partial charge in [0.1, 0.15) is 0 Å². The molecular formula is C23H21ClN4O2. The van der Waals surface area contributed by atoms with E-state index < -0.39 is 0 Å². The molecule has 0 radical (unpaired) electrons. The molecule has 0 aliphatic carbocycles. The monoisotopic (exact) mass is 420 g/mol. The maximum absolute atomic E-state index is 12.5. The molecule has 2 heterocycles. The van der Waals surface area contributed by atoms with E-state index in [4.69, 9.17) is 11.6 Å². The van der Waals surface area contributed by atoms with Gasteiger partial charge in [0.2, 0.25) is 11.8 Å². The van der Waals surface area contributed by atoms with E-state index in [1.165, 1.54) is 5.01 Å². The third-order valence-electron chi connectivity index (χ3n) is 4.88. The van der Waals surface area contributed by atoms with E-state index in [0.717, 1.165) is 17.0 Å². The van der Waals surface area contributed by atoms with Gasteiger partial charge in [-0.2, -0.15) is 5.10 Å². The third kappa shape index (κ3) is 4.60. The van der Waals surface area contributed by atoms with Crippen molar-refractivity contribution in [1.29, 1.82) is 0 Å². The minimum atomic E-state index is -0.231. The Balaban J connectivity index is 1.36. The van der Waals surface area contributed by atoms with Crippen LogP contribution >= 0.6 is 11.6 Å². The van der Waals surface area contributed by atoms with Crippen molar-refractivity contribution in [2.75, 3.05) is 11.9 Å². The fourth-order valence-electron chi connectivity index (χ4n) is 3.35. The number of hydrazone groups is 1. The van der Waals surface area contributed by atoms with Crippen LogP contribution in [0, 0.1) is 0 Å². The normalized spacial score (nSPS) is 13.2. The molecule has 0 unspecified atom stereocenters. The molecule has 4 rings (SSSR count). The van der Waals surface area contributed by atoms with Crippen LogP contribution in [0.15, 0.2) is 78.2 Å². The Kier molecular flexibility index (Phi) is 5.95. The summed E-state index contributed by atoms with van der Waals surface area (Å²) in [4.78, 5) is 25.0. The Morgan fingerprint density at radius 2 is 1.77 bits per heavy atom. The van der Waals surface area contributed by atoms with E-state index in [0.29, 0.717) is 23.7 Å². The van der Waals surface area contributed by atoms with Crippen LogP contribution in [0.5, 0.6) is 0 Å². The molecule has 0 saturated heterocycles. The number of anilines is 1. The van der Waals surface area contributed by atoms with E-state index in [2.05, 4.69) is 10.4 Å². The topological polar surface area (TPSA) is 66.7 Å². The highest BCUT2D eigenvalue weighted by atomic mass is 35.5. The number of amides is 2. The quantitative estimate of drug-likeness (QED) is 0.638. The highest BCUT2D eigenvalue weighted by Gasteiger charge is 2.22. The van der Waals surface area contributed by atoms with Gasteiger partial charge in [-0.25, -0.2) is 5.01 Å². The van der Waals surface area contributed by atoms with E-state index in [9.17, 15) is 9.59 Å². The zero-order valence-electron chi connectivity index (χ0n) is 16.3. The molecule has 1 N–H and O–H groups in total. The summed E-state index contributed by atoms with van der Waals surface area (Å²) in [6, 6.07) is 18.9. The lowest BCUT2D eigenvalue weighted by atomic mass is 10.1. The molecule has 6 nitrogen and oxygen atoms in total. The molecule has 3 aromatic rings. The number of hydrogen-bond donors (Lipinski definition) is 1. The van der Waals surface area contributed by atoms with Gasteiger partial charge in [-0.1, -0.05) is 41.9 Å². The summed E-state index contributed by atoms with van der Waals surface area (Å²) in [5.41, 5.74) is 3.32. The maximum Gasteiger partial charge on any atom is 0.243 e. The third-order valence-corrected chi connectivity index (χ3v) is 5.11. The Morgan fingerprint density at radius 1 is 1.00 bits per heavy atom. The van der Waals surface area contributed by atoms with Gasteiger partial charge in [0, 0.05) is 36.7 Å². The van der Waals surface area contributed by atoms with Crippen molar-refractivity contribution in [2.24, 2.45) is 5.10 Å². The molecule has 30 heavy (non-hydrogen) atoms. The van der Waals surface area contributed by atoms with Crippen LogP contribution in [0.1, 0.15) is 24.8 Å². The fraction of sp³-hybridized carbons (Fsp3) is 0.174. The summed E-state index contributed by atoms with van der Waals surface area (Å²) >= 11 is 6.11. The number of aromatic nitrogens is 1. The maximum atomic E-state index is 12.5. The van der Waals surface area contributed by atoms with Gasteiger partial charge in [0.05, 0.1) is 23.6 Å². The van der Waals surface area contributed by atoms with Gasteiger partial charge < -0.3 is 9.88 Å². The van der Waals surface area contributed by atoms with Gasteiger partial charge in [0.15, 0.2) is 0 Å². The van der Waals surface area contributed by atoms with Crippen LogP contribution in [0.3, 0.4) is 0 Å². The molecule has 2 amide bonds. The fourth-order valence-corrected chi connectivity index (χ4v) is 3.52. The van der Waals surface area contributed by atoms with Crippen LogP contribution in [-0.2, 0) is 9.59 Å². The van der Waals surface area contributed by atoms with Gasteiger partial charge in [0.25, 0.3) is 0 Å². The SMILES string of the molecule is O=C(CCC(=O)N1CCC(c2ccccc2)=N1)Nc1ccc(Cl)cc1-n1cccc1. The summed E-state index contributed by atoms with van der Waals surface area (Å²) in [6.45, 7) is 0.541. The van der Waals surface area contributed by atoms with E-state index in [-0.39, 0.29) is 24.7 Å². The highest BCUT2D eigenvalue weighted by molar-refractivity contribution is 6.31. The Bertz CT molecular complexity index is 1080. The van der Waals surface area contributed by atoms with Crippen molar-refractivity contribution in [3.63, 3.8) is 0 Å². The molecule has 0 spiro atoms. The molecule has 1 aromatic heterocycles. The second-order valence-electron chi connectivity index (χ2n) is 6.98. The second kappa shape index (κ2) is 8.97. The van der Waals surface area contributed by atoms with Gasteiger partial charge in [-0.15, -0.1) is 0 Å². The van der Waals surface area contributed by atoms with E-state index in [1.807, 2.05) is 59.4 Å². The zero-order valence-corrected chi connectivity index (χ0v) is 17.0. The van der Waals surface area contributed by atoms with Crippen molar-refractivity contribution in [1.82, 2.24) is 9.58 Å². The van der Waals surface area contributed by atoms with Crippen molar-refractivity contribution >= 4 is 34.8 Å². The molecule has 0 fully saturated rings. The summed E-state index contributed by atoms with van der Waals surface area (Å²) in [5, 5.41) is 9.35. The largest absolute Gasteiger partial charge is 0.324 e. The van der Waals surface area contributed by atoms with Crippen LogP contribution in [0.25, 0.3) is 5.69 Å². The first kappa shape index (κ1) is 19.9. The first-order chi connectivity index (χ1) is 14.6. The lowest BCUT2D eigenvalue weighted by molar-refractivity contribution is -0.132. The minimum Gasteiger partial charge on any atom is -0.324 e. The summed E-state index contributed by atoms with van der Waals surface area (Å²) < 4.78 is 1.87. The minimum absolute atomic E-state index is 0.0826. The lowest BCUT2D eigenvalue weighted by Crippen LogP contribution is -2.25. The number of benzene rings is 2. The van der Waals surface area contributed by atoms with Crippen molar-refractivity contribution in [2.45, 2.75) is 19.3 Å². The standard InChI is InChI=1S/C23H21ClN4O2/c24-18-8-9-20(21(16-18)27-13-4-5-14-27)25-22(29)10-11-23(30)28-15-12-19(26-28)17-6-2-1-3-7-17/h1-9,13-14,16H,10-12,15H2,(H,25,29). The van der Waals surface area contributed by atoms with Crippen LogP contribution < -0.4 is 5.32 Å². The predicted molar refractivity (Wildman–Crippen MR) is 118 cm³/mol. The number of nitrogens with zero attached hydrogens (tertiary/aromatic N) is 3. The Morgan fingerprint density at radius 3 is 2.53 bits per heavy atom. The first-order valence-electron chi connectivity index (χ1n) is 9.76. The van der Waals surface area contributed by atoms with Crippen LogP contribution in [0.2, 0.25) is 5.02 Å². The summed E-state index contributed by atoms with van der Waals surface area (Å²) in [5.74, 6) is -0.386. The predicted octanol–water partition coefficient (Wildman–Crippen LogP) is 4.49. The molecule has 2 aromatic carbocycles. The molecular weight excluding hydrogens is 400 g/mol. The highest BCUT2D eigenvalue weighted by Crippen LogP contribution is 2.25. The molecule has 152 valence electrons. The zero-order chi connectivity index (χ0) is 20.9. The number of carbonyl (C=O) groups is 2. The van der Waals surface area contributed by atoms with Crippen LogP contribution in [0.4, 0.5) is 5.69 Å². The molecule has 0 bridgehead atoms. The molecule has 0 saturated carbocycles. The van der Waals surface area contributed by atoms with E-state index in [1.54, 1.807) is 18.2 Å². The van der Waals surface area contributed by atoms with Crippen molar-refractivity contribution < 1.29 is 9.59 Å². The molecule has 1 aliphatic rings. The first-order valence-corrected chi connectivity index (χ1v) is 10.1. The summed E-state index contributed by atoms with van der Waals surface area (Å²) in [6.07, 6.45) is 4.65. The van der Waals surface area contributed by atoms with Gasteiger partial charge in [-0.3, -0.25) is 9.59 Å². The Labute approximate surface area is 179 Å². The lowest BCUT2D eigenvalue weighted by Gasteiger charge is -2.14. The van der Waals surface area contributed by atoms with Crippen molar-refractivity contribution in [3.8, 4) is 5.69 Å². The molecule has 0 atom stereocenters. The number of carbonyl (C=O) groups excluding carboxylic acids is 2. The molecule has 7 heteroatoms. The van der Waals surface area contributed by atoms with E-state index >= 15 is 0 Å². The van der Waals surface area contributed by atoms with Gasteiger partial charge in [-0.05, 0) is 35.9 Å².